The van der Waals surface area contributed by atoms with Gasteiger partial charge in [-0.3, -0.25) is 11.1 Å². The first kappa shape index (κ1) is 31.5. The maximum Gasteiger partial charge on any atom is 1.00 e. The Balaban J connectivity index is 0.00000180. The largest absolute Gasteiger partial charge is 1.00 e. The Bertz CT molecular complexity index is 620. The maximum absolute atomic E-state index is 2.89. The summed E-state index contributed by atoms with van der Waals surface area (Å²) in [5.41, 5.74) is 7.31. The van der Waals surface area contributed by atoms with Crippen molar-refractivity contribution in [2.24, 2.45) is 0 Å². The molecule has 1 aromatic carbocycles. The monoisotopic (exact) mass is 510 g/mol. The Kier molecular flexibility index (Phi) is 14.9. The Morgan fingerprint density at radius 2 is 0.667 bits per heavy atom. The van der Waals surface area contributed by atoms with E-state index in [4.69, 9.17) is 0 Å². The third-order valence-electron chi connectivity index (χ3n) is 9.56. The molecule has 190 valence electrons. The first-order valence-electron chi connectivity index (χ1n) is 15.2. The van der Waals surface area contributed by atoms with Crippen molar-refractivity contribution in [2.45, 2.75) is 151 Å². The smallest absolute Gasteiger partial charge is 0.291 e. The molecule has 4 aliphatic rings. The van der Waals surface area contributed by atoms with Crippen LogP contribution in [0, 0.1) is 12.3 Å². The fraction of sp³-hybridized carbons (Fsp3) is 0.750. The number of rotatable bonds is 8. The minimum Gasteiger partial charge on any atom is -0.291 e. The van der Waals surface area contributed by atoms with E-state index in [9.17, 15) is 0 Å². The van der Waals surface area contributed by atoms with Crippen molar-refractivity contribution in [2.75, 3.05) is 0 Å². The summed E-state index contributed by atoms with van der Waals surface area (Å²) in [4.78, 5) is 0. The molecule has 0 heterocycles. The van der Waals surface area contributed by atoms with E-state index in [1.165, 1.54) is 128 Å². The van der Waals surface area contributed by atoms with Crippen molar-refractivity contribution < 1.29 is 37.7 Å². The molecule has 0 amide bonds. The summed E-state index contributed by atoms with van der Waals surface area (Å²) in [6, 6.07) is 9.67. The predicted molar refractivity (Wildman–Crippen MR) is 155 cm³/mol. The van der Waals surface area contributed by atoms with Gasteiger partial charge in [-0.1, -0.05) is 77.0 Å². The van der Waals surface area contributed by atoms with Gasteiger partial charge in [-0.2, -0.15) is 0 Å². The van der Waals surface area contributed by atoms with Gasteiger partial charge in [0.05, 0.1) is 0 Å². The molecule has 36 heavy (non-hydrogen) atoms. The molecule has 0 nitrogen and oxygen atoms in total. The molecule has 0 aliphatic heterocycles. The van der Waals surface area contributed by atoms with E-state index in [2.05, 4.69) is 36.6 Å². The molecule has 4 saturated carbocycles. The second-order valence-corrected chi connectivity index (χ2v) is 17.2. The van der Waals surface area contributed by atoms with Gasteiger partial charge in [0.2, 0.25) is 0 Å². The van der Waals surface area contributed by atoms with Gasteiger partial charge in [0, 0.05) is 0 Å². The zero-order valence-electron chi connectivity index (χ0n) is 23.8. The van der Waals surface area contributed by atoms with Crippen LogP contribution in [0.15, 0.2) is 24.3 Å². The van der Waals surface area contributed by atoms with Crippen molar-refractivity contribution in [1.29, 1.82) is 0 Å². The van der Waals surface area contributed by atoms with Gasteiger partial charge >= 0.3 is 37.7 Å². The predicted octanol–water partition coefficient (Wildman–Crippen LogP) is 5.01. The molecule has 0 N–H and O–H groups in total. The van der Waals surface area contributed by atoms with Crippen molar-refractivity contribution in [1.82, 2.24) is 0 Å². The van der Waals surface area contributed by atoms with Gasteiger partial charge in [-0.25, -0.2) is 24.5 Å². The normalized spacial score (nSPS) is 23.2. The van der Waals surface area contributed by atoms with Gasteiger partial charge < -0.3 is 0 Å². The molecule has 5 rings (SSSR count). The summed E-state index contributed by atoms with van der Waals surface area (Å²) in [6.07, 6.45) is 35.8. The standard InChI is InChI=1S/C32H50P2.2Li/c1-5-17-29(18-6-1)33(30-19-7-2-8-20-30)25-27-15-13-14-16-28(27)26-34(31-21-9-3-10-22-31)32-23-11-4-12-24-32;;/h13-16,25-26,29-32H,1-12,17-24H2;;/q-2;2*+1. The Labute approximate surface area is 250 Å². The molecule has 0 spiro atoms. The van der Waals surface area contributed by atoms with E-state index in [0.29, 0.717) is 0 Å². The molecular formula is C32H50Li2P2. The molecule has 0 saturated heterocycles. The topological polar surface area (TPSA) is 0 Å². The van der Waals surface area contributed by atoms with Crippen LogP contribution in [0.1, 0.15) is 140 Å². The average molecular weight is 511 g/mol. The molecule has 0 radical (unpaired) electrons. The van der Waals surface area contributed by atoms with Crippen LogP contribution in [-0.2, 0) is 0 Å². The first-order valence-corrected chi connectivity index (χ1v) is 18.3. The molecule has 4 heteroatoms. The van der Waals surface area contributed by atoms with Crippen LogP contribution >= 0.6 is 15.8 Å². The molecule has 1 aromatic rings. The van der Waals surface area contributed by atoms with Gasteiger partial charge in [0.1, 0.15) is 0 Å². The minimum absolute atomic E-state index is 0. The second kappa shape index (κ2) is 17.0. The molecular weight excluding hydrogens is 460 g/mol. The summed E-state index contributed by atoms with van der Waals surface area (Å²) in [7, 11) is 0.0375. The number of hydrogen-bond donors (Lipinski definition) is 0. The minimum atomic E-state index is 0. The van der Waals surface area contributed by atoms with Crippen LogP contribution in [0.2, 0.25) is 0 Å². The van der Waals surface area contributed by atoms with Crippen LogP contribution in [0.4, 0.5) is 0 Å². The van der Waals surface area contributed by atoms with Crippen LogP contribution in [0.25, 0.3) is 0 Å². The van der Waals surface area contributed by atoms with Gasteiger partial charge in [-0.05, 0) is 74.0 Å². The average Bonchev–Trinajstić information content (AvgIpc) is 2.93. The van der Waals surface area contributed by atoms with E-state index < -0.39 is 0 Å². The molecule has 0 bridgehead atoms. The SMILES string of the molecule is [Li+].[Li+].c1ccc([CH-]P(C2CCCCC2)C2CCCCC2)c([CH-]P(C2CCCCC2)C2CCCCC2)c1. The summed E-state index contributed by atoms with van der Waals surface area (Å²) in [5, 5.41) is 0. The molecule has 0 aromatic heterocycles. The second-order valence-electron chi connectivity index (χ2n) is 11.9. The van der Waals surface area contributed by atoms with E-state index in [-0.39, 0.29) is 53.6 Å². The number of hydrogen-bond acceptors (Lipinski definition) is 0. The zero-order chi connectivity index (χ0) is 23.0. The van der Waals surface area contributed by atoms with Gasteiger partial charge in [0.25, 0.3) is 0 Å². The van der Waals surface area contributed by atoms with E-state index >= 15 is 0 Å². The van der Waals surface area contributed by atoms with E-state index in [1.807, 2.05) is 0 Å². The third-order valence-corrected chi connectivity index (χ3v) is 16.1. The van der Waals surface area contributed by atoms with E-state index in [0.717, 1.165) is 22.6 Å². The van der Waals surface area contributed by atoms with Crippen molar-refractivity contribution in [3.8, 4) is 0 Å². The quantitative estimate of drug-likeness (QED) is 0.262. The molecule has 4 fully saturated rings. The summed E-state index contributed by atoms with van der Waals surface area (Å²) in [5.74, 6) is 0. The molecule has 0 unspecified atom stereocenters. The third kappa shape index (κ3) is 8.76. The van der Waals surface area contributed by atoms with Crippen LogP contribution in [0.5, 0.6) is 0 Å². The fourth-order valence-corrected chi connectivity index (χ4v) is 14.6. The first-order chi connectivity index (χ1) is 16.9. The Morgan fingerprint density at radius 1 is 0.417 bits per heavy atom. The van der Waals surface area contributed by atoms with Crippen molar-refractivity contribution in [3.63, 3.8) is 0 Å². The maximum atomic E-state index is 2.89. The molecule has 0 atom stereocenters. The zero-order valence-corrected chi connectivity index (χ0v) is 25.6. The van der Waals surface area contributed by atoms with Crippen molar-refractivity contribution >= 4 is 15.8 Å². The van der Waals surface area contributed by atoms with Crippen LogP contribution < -0.4 is 37.7 Å². The fourth-order valence-electron chi connectivity index (χ4n) is 7.60. The van der Waals surface area contributed by atoms with Gasteiger partial charge in [-0.15, -0.1) is 28.0 Å². The van der Waals surface area contributed by atoms with Crippen molar-refractivity contribution in [3.05, 3.63) is 47.7 Å². The van der Waals surface area contributed by atoms with Gasteiger partial charge in [0.15, 0.2) is 0 Å². The molecule has 4 aliphatic carbocycles. The van der Waals surface area contributed by atoms with E-state index in [1.54, 1.807) is 11.1 Å². The number of benzene rings is 1. The Morgan fingerprint density at radius 3 is 0.917 bits per heavy atom. The summed E-state index contributed by atoms with van der Waals surface area (Å²) >= 11 is 0. The van der Waals surface area contributed by atoms with Crippen LogP contribution in [-0.4, -0.2) is 22.6 Å². The summed E-state index contributed by atoms with van der Waals surface area (Å²) < 4.78 is 0. The summed E-state index contributed by atoms with van der Waals surface area (Å²) in [6.45, 7) is 0. The Hall–Kier alpha value is 1.01. The van der Waals surface area contributed by atoms with Crippen LogP contribution in [0.3, 0.4) is 0 Å².